The van der Waals surface area contributed by atoms with Crippen molar-refractivity contribution in [3.63, 3.8) is 0 Å². The SMILES string of the molecule is CNCc1cccc2ccn(CC(=O)NCCOC)c12. The molecule has 108 valence electrons. The van der Waals surface area contributed by atoms with Crippen molar-refractivity contribution in [1.29, 1.82) is 0 Å². The second-order valence-electron chi connectivity index (χ2n) is 4.67. The maximum atomic E-state index is 11.9. The van der Waals surface area contributed by atoms with E-state index in [1.54, 1.807) is 7.11 Å². The predicted molar refractivity (Wildman–Crippen MR) is 79.6 cm³/mol. The number of para-hydroxylation sites is 1. The number of rotatable bonds is 7. The normalized spacial score (nSPS) is 10.9. The van der Waals surface area contributed by atoms with Crippen LogP contribution in [0.3, 0.4) is 0 Å². The molecule has 0 atom stereocenters. The molecule has 0 saturated heterocycles. The number of benzene rings is 1. The third-order valence-corrected chi connectivity index (χ3v) is 3.18. The second kappa shape index (κ2) is 7.07. The molecule has 1 aromatic heterocycles. The lowest BCUT2D eigenvalue weighted by Gasteiger charge is -2.10. The summed E-state index contributed by atoms with van der Waals surface area (Å²) in [5.41, 5.74) is 2.31. The zero-order valence-electron chi connectivity index (χ0n) is 12.0. The largest absolute Gasteiger partial charge is 0.383 e. The zero-order chi connectivity index (χ0) is 14.4. The molecule has 0 aliphatic carbocycles. The van der Waals surface area contributed by atoms with E-state index in [0.29, 0.717) is 19.7 Å². The summed E-state index contributed by atoms with van der Waals surface area (Å²) in [6.45, 7) is 2.18. The van der Waals surface area contributed by atoms with E-state index >= 15 is 0 Å². The van der Waals surface area contributed by atoms with Crippen LogP contribution < -0.4 is 10.6 Å². The third-order valence-electron chi connectivity index (χ3n) is 3.18. The molecule has 0 radical (unpaired) electrons. The Balaban J connectivity index is 2.15. The Morgan fingerprint density at radius 3 is 2.95 bits per heavy atom. The number of nitrogens with zero attached hydrogens (tertiary/aromatic N) is 1. The fourth-order valence-electron chi connectivity index (χ4n) is 2.31. The summed E-state index contributed by atoms with van der Waals surface area (Å²) in [7, 11) is 3.54. The summed E-state index contributed by atoms with van der Waals surface area (Å²) in [6, 6.07) is 8.22. The van der Waals surface area contributed by atoms with E-state index in [0.717, 1.165) is 17.4 Å². The maximum absolute atomic E-state index is 11.9. The molecule has 20 heavy (non-hydrogen) atoms. The summed E-state index contributed by atoms with van der Waals surface area (Å²) < 4.78 is 6.91. The number of carbonyl (C=O) groups is 1. The number of hydrogen-bond acceptors (Lipinski definition) is 3. The standard InChI is InChI=1S/C15H21N3O2/c1-16-10-13-5-3-4-12-6-8-18(15(12)13)11-14(19)17-7-9-20-2/h3-6,8,16H,7,9-11H2,1-2H3,(H,17,19). The van der Waals surface area contributed by atoms with Crippen LogP contribution in [0.5, 0.6) is 0 Å². The number of fused-ring (bicyclic) bond motifs is 1. The van der Waals surface area contributed by atoms with Gasteiger partial charge in [0.1, 0.15) is 6.54 Å². The highest BCUT2D eigenvalue weighted by atomic mass is 16.5. The van der Waals surface area contributed by atoms with Gasteiger partial charge in [-0.2, -0.15) is 0 Å². The first kappa shape index (κ1) is 14.6. The zero-order valence-corrected chi connectivity index (χ0v) is 12.0. The Kier molecular flexibility index (Phi) is 5.15. The van der Waals surface area contributed by atoms with Crippen LogP contribution in [0, 0.1) is 0 Å². The molecule has 1 aromatic carbocycles. The van der Waals surface area contributed by atoms with E-state index in [-0.39, 0.29) is 5.91 Å². The van der Waals surface area contributed by atoms with Gasteiger partial charge in [0.05, 0.1) is 12.1 Å². The average Bonchev–Trinajstić information content (AvgIpc) is 2.84. The Labute approximate surface area is 118 Å². The molecule has 2 N–H and O–H groups in total. The van der Waals surface area contributed by atoms with Crippen LogP contribution in [0.2, 0.25) is 0 Å². The Morgan fingerprint density at radius 2 is 2.20 bits per heavy atom. The van der Waals surface area contributed by atoms with Gasteiger partial charge < -0.3 is 19.9 Å². The molecule has 0 spiro atoms. The van der Waals surface area contributed by atoms with Crippen molar-refractivity contribution < 1.29 is 9.53 Å². The van der Waals surface area contributed by atoms with Crippen LogP contribution in [-0.4, -0.2) is 37.8 Å². The molecule has 0 bridgehead atoms. The molecule has 0 fully saturated rings. The van der Waals surface area contributed by atoms with Crippen LogP contribution in [0.25, 0.3) is 10.9 Å². The minimum absolute atomic E-state index is 0.00110. The number of amides is 1. The van der Waals surface area contributed by atoms with Crippen molar-refractivity contribution in [2.75, 3.05) is 27.3 Å². The van der Waals surface area contributed by atoms with Crippen molar-refractivity contribution in [2.24, 2.45) is 0 Å². The molecule has 1 heterocycles. The highest BCUT2D eigenvalue weighted by molar-refractivity contribution is 5.85. The Bertz CT molecular complexity index is 578. The summed E-state index contributed by atoms with van der Waals surface area (Å²) in [5.74, 6) is -0.00110. The van der Waals surface area contributed by atoms with E-state index in [1.165, 1.54) is 5.56 Å². The average molecular weight is 275 g/mol. The van der Waals surface area contributed by atoms with Gasteiger partial charge in [-0.1, -0.05) is 18.2 Å². The summed E-state index contributed by atoms with van der Waals surface area (Å²) in [6.07, 6.45) is 1.96. The summed E-state index contributed by atoms with van der Waals surface area (Å²) in [5, 5.41) is 7.15. The molecule has 0 aliphatic heterocycles. The van der Waals surface area contributed by atoms with Crippen LogP contribution in [-0.2, 0) is 22.6 Å². The monoisotopic (exact) mass is 275 g/mol. The molecule has 5 nitrogen and oxygen atoms in total. The van der Waals surface area contributed by atoms with Crippen LogP contribution in [0.4, 0.5) is 0 Å². The first-order valence-electron chi connectivity index (χ1n) is 6.73. The van der Waals surface area contributed by atoms with Crippen molar-refractivity contribution in [1.82, 2.24) is 15.2 Å². The molecule has 5 heteroatoms. The van der Waals surface area contributed by atoms with Crippen molar-refractivity contribution in [2.45, 2.75) is 13.1 Å². The van der Waals surface area contributed by atoms with E-state index in [9.17, 15) is 4.79 Å². The third kappa shape index (κ3) is 3.37. The van der Waals surface area contributed by atoms with Crippen LogP contribution >= 0.6 is 0 Å². The van der Waals surface area contributed by atoms with E-state index in [1.807, 2.05) is 29.9 Å². The quantitative estimate of drug-likeness (QED) is 0.745. The lowest BCUT2D eigenvalue weighted by atomic mass is 10.1. The minimum Gasteiger partial charge on any atom is -0.383 e. The van der Waals surface area contributed by atoms with Gasteiger partial charge in [-0.15, -0.1) is 0 Å². The molecular weight excluding hydrogens is 254 g/mol. The molecule has 0 aliphatic rings. The van der Waals surface area contributed by atoms with Gasteiger partial charge in [-0.05, 0) is 24.1 Å². The highest BCUT2D eigenvalue weighted by Crippen LogP contribution is 2.20. The number of hydrogen-bond donors (Lipinski definition) is 2. The van der Waals surface area contributed by atoms with Crippen molar-refractivity contribution in [3.8, 4) is 0 Å². The van der Waals surface area contributed by atoms with Gasteiger partial charge >= 0.3 is 0 Å². The minimum atomic E-state index is -0.00110. The highest BCUT2D eigenvalue weighted by Gasteiger charge is 2.09. The maximum Gasteiger partial charge on any atom is 0.240 e. The lowest BCUT2D eigenvalue weighted by molar-refractivity contribution is -0.121. The fraction of sp³-hybridized carbons (Fsp3) is 0.400. The fourth-order valence-corrected chi connectivity index (χ4v) is 2.31. The van der Waals surface area contributed by atoms with E-state index in [4.69, 9.17) is 4.74 Å². The Morgan fingerprint density at radius 1 is 1.35 bits per heavy atom. The van der Waals surface area contributed by atoms with Gasteiger partial charge in [0.2, 0.25) is 5.91 Å². The number of aromatic nitrogens is 1. The van der Waals surface area contributed by atoms with E-state index in [2.05, 4.69) is 22.8 Å². The van der Waals surface area contributed by atoms with Gasteiger partial charge in [0, 0.05) is 26.4 Å². The molecule has 0 unspecified atom stereocenters. The van der Waals surface area contributed by atoms with Gasteiger partial charge in [-0.25, -0.2) is 0 Å². The number of carbonyl (C=O) groups excluding carboxylic acids is 1. The molecule has 0 saturated carbocycles. The van der Waals surface area contributed by atoms with Crippen LogP contribution in [0.15, 0.2) is 30.5 Å². The Hall–Kier alpha value is -1.85. The van der Waals surface area contributed by atoms with Gasteiger partial charge in [0.25, 0.3) is 0 Å². The van der Waals surface area contributed by atoms with Crippen molar-refractivity contribution >= 4 is 16.8 Å². The second-order valence-corrected chi connectivity index (χ2v) is 4.67. The number of nitrogens with one attached hydrogen (secondary N) is 2. The summed E-state index contributed by atoms with van der Waals surface area (Å²) in [4.78, 5) is 11.9. The molecule has 2 aromatic rings. The number of ether oxygens (including phenoxy) is 1. The van der Waals surface area contributed by atoms with Crippen LogP contribution in [0.1, 0.15) is 5.56 Å². The smallest absolute Gasteiger partial charge is 0.240 e. The first-order chi connectivity index (χ1) is 9.76. The van der Waals surface area contributed by atoms with Crippen molar-refractivity contribution in [3.05, 3.63) is 36.0 Å². The molecular formula is C15H21N3O2. The number of methoxy groups -OCH3 is 1. The molecule has 2 rings (SSSR count). The van der Waals surface area contributed by atoms with E-state index < -0.39 is 0 Å². The topological polar surface area (TPSA) is 55.3 Å². The van der Waals surface area contributed by atoms with Gasteiger partial charge in [0.15, 0.2) is 0 Å². The first-order valence-corrected chi connectivity index (χ1v) is 6.73. The lowest BCUT2D eigenvalue weighted by Crippen LogP contribution is -2.30. The van der Waals surface area contributed by atoms with Gasteiger partial charge in [-0.3, -0.25) is 4.79 Å². The summed E-state index contributed by atoms with van der Waals surface area (Å²) >= 11 is 0. The molecule has 1 amide bonds. The predicted octanol–water partition coefficient (Wildman–Crippen LogP) is 1.12.